The zero-order chi connectivity index (χ0) is 27.3. The minimum absolute atomic E-state index is 0.00687. The normalized spacial score (nSPS) is 16.4. The van der Waals surface area contributed by atoms with E-state index in [-0.39, 0.29) is 11.3 Å². The Morgan fingerprint density at radius 3 is 2.63 bits per heavy atom. The highest BCUT2D eigenvalue weighted by Crippen LogP contribution is 2.41. The molecule has 2 aromatic carbocycles. The monoisotopic (exact) mass is 565 g/mol. The summed E-state index contributed by atoms with van der Waals surface area (Å²) in [5.74, 6) is -0.543. The van der Waals surface area contributed by atoms with Gasteiger partial charge in [-0.3, -0.25) is 15.0 Å². The number of pyridine rings is 1. The van der Waals surface area contributed by atoms with E-state index >= 15 is 0 Å². The lowest BCUT2D eigenvalue weighted by molar-refractivity contribution is -0.143. The quantitative estimate of drug-likeness (QED) is 0.173. The van der Waals surface area contributed by atoms with Gasteiger partial charge in [0.2, 0.25) is 5.91 Å². The number of hydrogen-bond acceptors (Lipinski definition) is 7. The summed E-state index contributed by atoms with van der Waals surface area (Å²) in [6, 6.07) is 9.15. The molecule has 0 saturated carbocycles. The molecule has 2 heterocycles. The zero-order valence-corrected chi connectivity index (χ0v) is 22.5. The lowest BCUT2D eigenvalue weighted by Crippen LogP contribution is -2.48. The van der Waals surface area contributed by atoms with Crippen LogP contribution in [0.2, 0.25) is 5.02 Å². The number of aliphatic hydroxyl groups excluding tert-OH is 1. The van der Waals surface area contributed by atoms with Crippen molar-refractivity contribution in [3.63, 3.8) is 0 Å². The molecule has 4 rings (SSSR count). The number of carbonyl (C=O) groups is 1. The number of benzene rings is 2. The van der Waals surface area contributed by atoms with Crippen molar-refractivity contribution in [2.24, 2.45) is 5.41 Å². The van der Waals surface area contributed by atoms with E-state index in [0.29, 0.717) is 71.9 Å². The number of piperidine rings is 1. The minimum Gasteiger partial charge on any atom is -0.497 e. The van der Waals surface area contributed by atoms with Crippen LogP contribution in [-0.4, -0.2) is 58.6 Å². The van der Waals surface area contributed by atoms with E-state index in [4.69, 9.17) is 16.3 Å². The highest BCUT2D eigenvalue weighted by Gasteiger charge is 2.41. The van der Waals surface area contributed by atoms with Crippen LogP contribution in [-0.2, 0) is 4.79 Å². The average Bonchev–Trinajstić information content (AvgIpc) is 2.93. The number of thioether (sulfide) groups is 1. The zero-order valence-electron chi connectivity index (χ0n) is 20.9. The number of ether oxygens (including phenoxy) is 1. The molecule has 1 unspecified atom stereocenters. The highest BCUT2D eigenvalue weighted by molar-refractivity contribution is 7.99. The molecule has 0 spiro atoms. The summed E-state index contributed by atoms with van der Waals surface area (Å²) >= 11 is 7.56. The van der Waals surface area contributed by atoms with E-state index in [9.17, 15) is 23.9 Å². The number of nitrogens with zero attached hydrogens (tertiary/aromatic N) is 2. The number of hydrogen-bond donors (Lipinski definition) is 3. The molecule has 11 heteroatoms. The van der Waals surface area contributed by atoms with Crippen LogP contribution in [0, 0.1) is 17.0 Å². The molecule has 38 heavy (non-hydrogen) atoms. The number of amides is 1. The predicted molar refractivity (Wildman–Crippen MR) is 143 cm³/mol. The van der Waals surface area contributed by atoms with Gasteiger partial charge in [0.25, 0.3) is 0 Å². The minimum atomic E-state index is -0.964. The Kier molecular flexibility index (Phi) is 9.43. The predicted octanol–water partition coefficient (Wildman–Crippen LogP) is 5.37. The Morgan fingerprint density at radius 1 is 1.26 bits per heavy atom. The van der Waals surface area contributed by atoms with E-state index < -0.39 is 29.1 Å². The van der Waals surface area contributed by atoms with E-state index in [2.05, 4.69) is 9.88 Å². The lowest BCUT2D eigenvalue weighted by atomic mass is 9.73. The van der Waals surface area contributed by atoms with Gasteiger partial charge in [-0.05, 0) is 69.1 Å². The molecule has 3 N–H and O–H groups in total. The third-order valence-electron chi connectivity index (χ3n) is 7.27. The van der Waals surface area contributed by atoms with Crippen molar-refractivity contribution in [1.82, 2.24) is 15.4 Å². The van der Waals surface area contributed by atoms with Crippen LogP contribution < -0.4 is 10.2 Å². The van der Waals surface area contributed by atoms with Crippen LogP contribution in [0.4, 0.5) is 8.78 Å². The number of fused-ring (bicyclic) bond motifs is 1. The first-order valence-corrected chi connectivity index (χ1v) is 13.7. The molecular formula is C27H30ClF2N3O4S. The summed E-state index contributed by atoms with van der Waals surface area (Å²) in [7, 11) is 1.55. The first kappa shape index (κ1) is 28.5. The van der Waals surface area contributed by atoms with Crippen molar-refractivity contribution in [2.75, 3.05) is 32.5 Å². The van der Waals surface area contributed by atoms with Crippen LogP contribution in [0.3, 0.4) is 0 Å². The standard InChI is InChI=1S/C27H30ClF2N3O4S/c1-37-17-5-6-22-18(15-17)24(19(28)16-31-22)23(34)7-8-27(26(35)32-36)9-11-33(12-10-27)13-14-38-25-20(29)3-2-4-21(25)30/h2-6,15-16,23,34,36H,7-14H2,1H3,(H,32,35). The molecule has 1 atom stereocenters. The Balaban J connectivity index is 1.40. The fourth-order valence-corrected chi connectivity index (χ4v) is 6.24. The van der Waals surface area contributed by atoms with Gasteiger partial charge in [-0.2, -0.15) is 0 Å². The smallest absolute Gasteiger partial charge is 0.249 e. The molecular weight excluding hydrogens is 536 g/mol. The van der Waals surface area contributed by atoms with Gasteiger partial charge in [0.15, 0.2) is 0 Å². The molecule has 1 aliphatic rings. The number of hydroxylamine groups is 1. The maximum absolute atomic E-state index is 13.9. The van der Waals surface area contributed by atoms with Crippen LogP contribution >= 0.6 is 23.4 Å². The number of rotatable bonds is 10. The number of halogens is 3. The summed E-state index contributed by atoms with van der Waals surface area (Å²) in [5, 5.41) is 21.6. The number of likely N-dealkylation sites (tertiary alicyclic amines) is 1. The van der Waals surface area contributed by atoms with Gasteiger partial charge in [-0.1, -0.05) is 17.7 Å². The van der Waals surface area contributed by atoms with Crippen molar-refractivity contribution in [3.05, 3.63) is 64.8 Å². The fraction of sp³-hybridized carbons (Fsp3) is 0.407. The third kappa shape index (κ3) is 6.21. The highest BCUT2D eigenvalue weighted by atomic mass is 35.5. The van der Waals surface area contributed by atoms with Crippen molar-refractivity contribution >= 4 is 40.2 Å². The van der Waals surface area contributed by atoms with Gasteiger partial charge in [0.1, 0.15) is 17.4 Å². The van der Waals surface area contributed by atoms with Crippen molar-refractivity contribution in [1.29, 1.82) is 0 Å². The van der Waals surface area contributed by atoms with Crippen LogP contribution in [0.25, 0.3) is 10.9 Å². The molecule has 0 aliphatic carbocycles. The van der Waals surface area contributed by atoms with E-state index in [1.165, 1.54) is 24.4 Å². The molecule has 3 aromatic rings. The molecule has 7 nitrogen and oxygen atoms in total. The summed E-state index contributed by atoms with van der Waals surface area (Å²) in [6.45, 7) is 1.73. The number of aromatic nitrogens is 1. The summed E-state index contributed by atoms with van der Waals surface area (Å²) in [4.78, 5) is 19.2. The van der Waals surface area contributed by atoms with Crippen LogP contribution in [0.15, 0.2) is 47.5 Å². The number of methoxy groups -OCH3 is 1. The molecule has 1 aliphatic heterocycles. The van der Waals surface area contributed by atoms with Crippen molar-refractivity contribution in [3.8, 4) is 5.75 Å². The van der Waals surface area contributed by atoms with Crippen LogP contribution in [0.5, 0.6) is 5.75 Å². The Labute approximate surface area is 229 Å². The van der Waals surface area contributed by atoms with E-state index in [0.717, 1.165) is 11.8 Å². The molecule has 1 aromatic heterocycles. The van der Waals surface area contributed by atoms with Gasteiger partial charge in [-0.25, -0.2) is 14.3 Å². The second kappa shape index (κ2) is 12.6. The number of aliphatic hydroxyl groups is 1. The SMILES string of the molecule is COc1ccc2ncc(Cl)c(C(O)CCC3(C(=O)NO)CCN(CCSc4c(F)cccc4F)CC3)c2c1. The van der Waals surface area contributed by atoms with Gasteiger partial charge < -0.3 is 14.7 Å². The average molecular weight is 566 g/mol. The van der Waals surface area contributed by atoms with Gasteiger partial charge in [-0.15, -0.1) is 11.8 Å². The first-order chi connectivity index (χ1) is 18.3. The van der Waals surface area contributed by atoms with E-state index in [1.54, 1.807) is 25.3 Å². The van der Waals surface area contributed by atoms with Gasteiger partial charge in [0.05, 0.1) is 34.1 Å². The van der Waals surface area contributed by atoms with E-state index in [1.807, 2.05) is 5.48 Å². The number of carbonyl (C=O) groups excluding carboxylic acids is 1. The summed E-state index contributed by atoms with van der Waals surface area (Å²) < 4.78 is 33.1. The largest absolute Gasteiger partial charge is 0.497 e. The fourth-order valence-electron chi connectivity index (χ4n) is 5.00. The Hall–Kier alpha value is -2.50. The van der Waals surface area contributed by atoms with Gasteiger partial charge in [0, 0.05) is 29.4 Å². The number of nitrogens with one attached hydrogen (secondary N) is 1. The third-order valence-corrected chi connectivity index (χ3v) is 8.63. The topological polar surface area (TPSA) is 94.9 Å². The molecule has 0 bridgehead atoms. The van der Waals surface area contributed by atoms with Gasteiger partial charge >= 0.3 is 0 Å². The molecule has 1 fully saturated rings. The van der Waals surface area contributed by atoms with Crippen molar-refractivity contribution < 1.29 is 28.6 Å². The molecule has 0 radical (unpaired) electrons. The summed E-state index contributed by atoms with van der Waals surface area (Å²) in [6.07, 6.45) is 2.02. The van der Waals surface area contributed by atoms with Crippen LogP contribution in [0.1, 0.15) is 37.4 Å². The second-order valence-electron chi connectivity index (χ2n) is 9.42. The Morgan fingerprint density at radius 2 is 1.97 bits per heavy atom. The lowest BCUT2D eigenvalue weighted by Gasteiger charge is -2.40. The molecule has 204 valence electrons. The second-order valence-corrected chi connectivity index (χ2v) is 10.9. The first-order valence-electron chi connectivity index (χ1n) is 12.3. The van der Waals surface area contributed by atoms with Crippen molar-refractivity contribution in [2.45, 2.75) is 36.7 Å². The maximum atomic E-state index is 13.9. The Bertz CT molecular complexity index is 1270. The maximum Gasteiger partial charge on any atom is 0.249 e. The molecule has 1 saturated heterocycles. The summed E-state index contributed by atoms with van der Waals surface area (Å²) in [5.41, 5.74) is 2.12. The molecule has 1 amide bonds.